The lowest BCUT2D eigenvalue weighted by molar-refractivity contribution is -0.137. The van der Waals surface area contributed by atoms with Crippen LogP contribution in [0.1, 0.15) is 35.1 Å². The molecule has 2 amide bonds. The van der Waals surface area contributed by atoms with Gasteiger partial charge in [0.2, 0.25) is 11.7 Å². The summed E-state index contributed by atoms with van der Waals surface area (Å²) in [5, 5.41) is 8.05. The van der Waals surface area contributed by atoms with E-state index in [-0.39, 0.29) is 23.6 Å². The van der Waals surface area contributed by atoms with Crippen molar-refractivity contribution in [3.8, 4) is 11.3 Å². The predicted molar refractivity (Wildman–Crippen MR) is 136 cm³/mol. The molecule has 5 rings (SSSR count). The third kappa shape index (κ3) is 5.30. The van der Waals surface area contributed by atoms with Crippen LogP contribution in [0.3, 0.4) is 0 Å². The van der Waals surface area contributed by atoms with Crippen molar-refractivity contribution >= 4 is 40.1 Å². The topological polar surface area (TPSA) is 119 Å². The molecule has 0 aliphatic carbocycles. The maximum absolute atomic E-state index is 13.0. The minimum atomic E-state index is -4.58. The van der Waals surface area contributed by atoms with Gasteiger partial charge in [0.05, 0.1) is 22.1 Å². The summed E-state index contributed by atoms with van der Waals surface area (Å²) in [5.41, 5.74) is 0.621. The SMILES string of the molecule is C=CC(=O)N1CCC[C@@H](n2nc(-c3cnc(C(=O)Nc4cc(C(F)(F)F)ccn4)nc3)c3cncc(Cl)c32)C1. The van der Waals surface area contributed by atoms with Gasteiger partial charge in [-0.15, -0.1) is 0 Å². The summed E-state index contributed by atoms with van der Waals surface area (Å²) in [6, 6.07) is 1.37. The maximum Gasteiger partial charge on any atom is 0.416 e. The average Bonchev–Trinajstić information content (AvgIpc) is 3.33. The van der Waals surface area contributed by atoms with Crippen LogP contribution in [0.2, 0.25) is 5.02 Å². The molecule has 0 saturated carbocycles. The van der Waals surface area contributed by atoms with E-state index < -0.39 is 17.6 Å². The molecule has 0 bridgehead atoms. The first-order valence-electron chi connectivity index (χ1n) is 11.8. The Kier molecular flexibility index (Phi) is 7.00. The zero-order chi connectivity index (χ0) is 27.7. The first kappa shape index (κ1) is 26.2. The van der Waals surface area contributed by atoms with E-state index in [0.717, 1.165) is 31.2 Å². The van der Waals surface area contributed by atoms with Crippen LogP contribution in [0.4, 0.5) is 19.0 Å². The molecule has 0 unspecified atom stereocenters. The Bertz CT molecular complexity index is 1570. The number of piperidine rings is 1. The van der Waals surface area contributed by atoms with Crippen molar-refractivity contribution in [2.45, 2.75) is 25.1 Å². The number of nitrogens with zero attached hydrogens (tertiary/aromatic N) is 7. The number of aromatic nitrogens is 6. The van der Waals surface area contributed by atoms with E-state index in [9.17, 15) is 22.8 Å². The normalized spacial score (nSPS) is 15.8. The summed E-state index contributed by atoms with van der Waals surface area (Å²) in [7, 11) is 0. The number of alkyl halides is 3. The van der Waals surface area contributed by atoms with Crippen molar-refractivity contribution in [3.63, 3.8) is 0 Å². The van der Waals surface area contributed by atoms with E-state index in [2.05, 4.69) is 31.8 Å². The highest BCUT2D eigenvalue weighted by molar-refractivity contribution is 6.35. The zero-order valence-corrected chi connectivity index (χ0v) is 20.9. The van der Waals surface area contributed by atoms with Crippen molar-refractivity contribution in [1.29, 1.82) is 0 Å². The highest BCUT2D eigenvalue weighted by Gasteiger charge is 2.31. The van der Waals surface area contributed by atoms with Gasteiger partial charge >= 0.3 is 6.18 Å². The molecule has 1 N–H and O–H groups in total. The van der Waals surface area contributed by atoms with Gasteiger partial charge in [0.1, 0.15) is 11.5 Å². The van der Waals surface area contributed by atoms with Crippen molar-refractivity contribution < 1.29 is 22.8 Å². The molecule has 14 heteroatoms. The first-order valence-corrected chi connectivity index (χ1v) is 12.1. The average molecular weight is 557 g/mol. The number of fused-ring (bicyclic) bond motifs is 1. The number of nitrogens with one attached hydrogen (secondary N) is 1. The van der Waals surface area contributed by atoms with Crippen molar-refractivity contribution in [3.05, 3.63) is 72.2 Å². The highest BCUT2D eigenvalue weighted by Crippen LogP contribution is 2.35. The monoisotopic (exact) mass is 556 g/mol. The summed E-state index contributed by atoms with van der Waals surface area (Å²) in [4.78, 5) is 42.5. The quantitative estimate of drug-likeness (QED) is 0.358. The molecule has 4 aromatic heterocycles. The minimum absolute atomic E-state index is 0.148. The Morgan fingerprint density at radius 3 is 2.64 bits per heavy atom. The van der Waals surface area contributed by atoms with Gasteiger partial charge in [-0.3, -0.25) is 19.3 Å². The highest BCUT2D eigenvalue weighted by atomic mass is 35.5. The Labute approximate surface area is 224 Å². The molecule has 200 valence electrons. The van der Waals surface area contributed by atoms with Gasteiger partial charge in [0.25, 0.3) is 5.91 Å². The number of hydrogen-bond donors (Lipinski definition) is 1. The van der Waals surface area contributed by atoms with Crippen LogP contribution in [-0.2, 0) is 11.0 Å². The molecule has 1 aliphatic heterocycles. The molecule has 1 aliphatic rings. The smallest absolute Gasteiger partial charge is 0.337 e. The van der Waals surface area contributed by atoms with Crippen LogP contribution < -0.4 is 5.32 Å². The minimum Gasteiger partial charge on any atom is -0.337 e. The number of hydrogen-bond acceptors (Lipinski definition) is 7. The lowest BCUT2D eigenvalue weighted by Gasteiger charge is -2.32. The Morgan fingerprint density at radius 2 is 1.92 bits per heavy atom. The van der Waals surface area contributed by atoms with E-state index in [0.29, 0.717) is 40.3 Å². The number of likely N-dealkylation sites (tertiary alicyclic amines) is 1. The van der Waals surface area contributed by atoms with E-state index in [1.54, 1.807) is 15.8 Å². The van der Waals surface area contributed by atoms with Gasteiger partial charge in [0, 0.05) is 55.0 Å². The second-order valence-corrected chi connectivity index (χ2v) is 9.18. The summed E-state index contributed by atoms with van der Waals surface area (Å²) in [5.74, 6) is -1.55. The Balaban J connectivity index is 1.43. The predicted octanol–water partition coefficient (Wildman–Crippen LogP) is 4.56. The van der Waals surface area contributed by atoms with Crippen LogP contribution >= 0.6 is 11.6 Å². The van der Waals surface area contributed by atoms with Gasteiger partial charge in [0.15, 0.2) is 0 Å². The fourth-order valence-electron chi connectivity index (χ4n) is 4.42. The summed E-state index contributed by atoms with van der Waals surface area (Å²) in [6.45, 7) is 4.61. The second-order valence-electron chi connectivity index (χ2n) is 8.77. The molecule has 0 radical (unpaired) electrons. The van der Waals surface area contributed by atoms with E-state index in [1.165, 1.54) is 24.7 Å². The van der Waals surface area contributed by atoms with E-state index in [1.807, 2.05) is 0 Å². The van der Waals surface area contributed by atoms with Crippen LogP contribution in [-0.4, -0.2) is 59.5 Å². The van der Waals surface area contributed by atoms with E-state index in [4.69, 9.17) is 16.7 Å². The van der Waals surface area contributed by atoms with Crippen LogP contribution in [0.15, 0.2) is 55.8 Å². The maximum atomic E-state index is 13.0. The Hall–Kier alpha value is -4.39. The van der Waals surface area contributed by atoms with Gasteiger partial charge < -0.3 is 10.2 Å². The molecule has 0 spiro atoms. The van der Waals surface area contributed by atoms with Gasteiger partial charge in [-0.1, -0.05) is 18.2 Å². The lowest BCUT2D eigenvalue weighted by Crippen LogP contribution is -2.40. The molecule has 5 heterocycles. The third-order valence-electron chi connectivity index (χ3n) is 6.25. The number of halogens is 4. The van der Waals surface area contributed by atoms with Crippen molar-refractivity contribution in [1.82, 2.24) is 34.6 Å². The van der Waals surface area contributed by atoms with Gasteiger partial charge in [-0.2, -0.15) is 18.3 Å². The molecule has 1 atom stereocenters. The molecule has 39 heavy (non-hydrogen) atoms. The van der Waals surface area contributed by atoms with Crippen molar-refractivity contribution in [2.75, 3.05) is 18.4 Å². The number of amides is 2. The molecular weight excluding hydrogens is 537 g/mol. The number of anilines is 1. The Morgan fingerprint density at radius 1 is 1.15 bits per heavy atom. The lowest BCUT2D eigenvalue weighted by atomic mass is 10.1. The molecule has 1 saturated heterocycles. The molecule has 0 aromatic carbocycles. The number of pyridine rings is 2. The van der Waals surface area contributed by atoms with Crippen LogP contribution in [0, 0.1) is 0 Å². The fourth-order valence-corrected chi connectivity index (χ4v) is 4.67. The van der Waals surface area contributed by atoms with Crippen LogP contribution in [0.25, 0.3) is 22.2 Å². The number of carbonyl (C=O) groups excluding carboxylic acids is 2. The molecular formula is C25H20ClF3N8O2. The fraction of sp³-hybridized carbons (Fsp3) is 0.240. The largest absolute Gasteiger partial charge is 0.416 e. The summed E-state index contributed by atoms with van der Waals surface area (Å²) < 4.78 is 40.6. The summed E-state index contributed by atoms with van der Waals surface area (Å²) >= 11 is 6.51. The number of carbonyl (C=O) groups is 2. The summed E-state index contributed by atoms with van der Waals surface area (Å²) in [6.07, 6.45) is 5.06. The molecule has 1 fully saturated rings. The third-order valence-corrected chi connectivity index (χ3v) is 6.53. The zero-order valence-electron chi connectivity index (χ0n) is 20.2. The second kappa shape index (κ2) is 10.4. The van der Waals surface area contributed by atoms with Gasteiger partial charge in [-0.25, -0.2) is 15.0 Å². The van der Waals surface area contributed by atoms with Crippen molar-refractivity contribution in [2.24, 2.45) is 0 Å². The van der Waals surface area contributed by atoms with Crippen LogP contribution in [0.5, 0.6) is 0 Å². The first-order chi connectivity index (χ1) is 18.7. The molecule has 4 aromatic rings. The van der Waals surface area contributed by atoms with E-state index >= 15 is 0 Å². The van der Waals surface area contributed by atoms with Gasteiger partial charge in [-0.05, 0) is 31.1 Å². The molecule has 10 nitrogen and oxygen atoms in total. The standard InChI is InChI=1S/C25H20ClF3N8O2/c1-2-20(38)36-7-3-4-16(13-36)37-22-17(11-30-12-18(22)26)21(35-37)14-9-32-23(33-10-14)24(39)34-19-8-15(5-6-31-19)25(27,28)29/h2,5-6,8-12,16H,1,3-4,7,13H2,(H,31,34,39)/t16-/m1/s1. The number of rotatable bonds is 5.